The molecule has 1 aliphatic rings. The van der Waals surface area contributed by atoms with Gasteiger partial charge in [0.15, 0.2) is 4.32 Å². The number of nitrogens with zero attached hydrogens (tertiary/aromatic N) is 1. The predicted molar refractivity (Wildman–Crippen MR) is 119 cm³/mol. The number of rotatable bonds is 4. The molecule has 144 valence electrons. The van der Waals surface area contributed by atoms with E-state index in [9.17, 15) is 9.59 Å². The molecule has 1 aliphatic heterocycles. The molecule has 0 spiro atoms. The summed E-state index contributed by atoms with van der Waals surface area (Å²) in [5, 5.41) is 3.24. The van der Waals surface area contributed by atoms with Gasteiger partial charge in [-0.15, -0.1) is 0 Å². The molecule has 0 unspecified atom stereocenters. The molecule has 4 rings (SSSR count). The zero-order valence-corrected chi connectivity index (χ0v) is 17.0. The quantitative estimate of drug-likeness (QED) is 0.501. The molecule has 1 saturated heterocycles. The maximum atomic E-state index is 12.9. The van der Waals surface area contributed by atoms with Gasteiger partial charge >= 0.3 is 0 Å². The van der Waals surface area contributed by atoms with Gasteiger partial charge < -0.3 is 4.74 Å². The summed E-state index contributed by atoms with van der Waals surface area (Å²) in [5.41, 5.74) is 3.88. The van der Waals surface area contributed by atoms with Crippen molar-refractivity contribution < 1.29 is 14.3 Å². The number of amides is 2. The average Bonchev–Trinajstić information content (AvgIpc) is 3.01. The van der Waals surface area contributed by atoms with Gasteiger partial charge in [0, 0.05) is 5.56 Å². The average molecular weight is 421 g/mol. The van der Waals surface area contributed by atoms with Crippen LogP contribution in [0, 0.1) is 0 Å². The van der Waals surface area contributed by atoms with Gasteiger partial charge in [-0.25, -0.2) is 0 Å². The lowest BCUT2D eigenvalue weighted by Crippen LogP contribution is -2.44. The van der Waals surface area contributed by atoms with E-state index in [0.29, 0.717) is 16.2 Å². The third kappa shape index (κ3) is 3.87. The summed E-state index contributed by atoms with van der Waals surface area (Å²) in [7, 11) is 1.52. The molecular weight excluding hydrogens is 404 g/mol. The summed E-state index contributed by atoms with van der Waals surface area (Å²) in [4.78, 5) is 25.9. The van der Waals surface area contributed by atoms with Crippen molar-refractivity contribution in [2.24, 2.45) is 0 Å². The third-order valence-electron chi connectivity index (χ3n) is 4.45. The standard InChI is InChI=1S/C22H16N2O3S2/c1-27-17-10-5-9-16(12-17)20(25)23-24-21(26)19(29-22(24)28)13-15-8-4-7-14-6-2-3-11-18(14)15/h2-13H,1H3,(H,23,25). The molecule has 0 aromatic heterocycles. The predicted octanol–water partition coefficient (Wildman–Crippen LogP) is 4.39. The zero-order valence-electron chi connectivity index (χ0n) is 15.4. The second-order valence-corrected chi connectivity index (χ2v) is 7.93. The van der Waals surface area contributed by atoms with Crippen LogP contribution in [-0.4, -0.2) is 28.3 Å². The number of thiocarbonyl (C=S) groups is 1. The Hall–Kier alpha value is -3.16. The van der Waals surface area contributed by atoms with E-state index >= 15 is 0 Å². The van der Waals surface area contributed by atoms with Crippen molar-refractivity contribution in [1.82, 2.24) is 10.4 Å². The normalized spacial score (nSPS) is 15.2. The maximum Gasteiger partial charge on any atom is 0.285 e. The SMILES string of the molecule is COc1cccc(C(=O)NN2C(=O)C(=Cc3cccc4ccccc34)SC2=S)c1. The highest BCUT2D eigenvalue weighted by molar-refractivity contribution is 8.26. The number of hydrazine groups is 1. The van der Waals surface area contributed by atoms with Crippen LogP contribution in [0.1, 0.15) is 15.9 Å². The van der Waals surface area contributed by atoms with E-state index in [0.717, 1.165) is 33.1 Å². The first-order valence-electron chi connectivity index (χ1n) is 8.77. The van der Waals surface area contributed by atoms with Gasteiger partial charge in [0.05, 0.1) is 12.0 Å². The number of fused-ring (bicyclic) bond motifs is 1. The van der Waals surface area contributed by atoms with Gasteiger partial charge in [0.2, 0.25) is 0 Å². The van der Waals surface area contributed by atoms with Gasteiger partial charge in [-0.05, 0) is 52.8 Å². The molecule has 2 amide bonds. The zero-order chi connectivity index (χ0) is 20.4. The van der Waals surface area contributed by atoms with E-state index < -0.39 is 5.91 Å². The molecule has 3 aromatic carbocycles. The monoisotopic (exact) mass is 420 g/mol. The number of ether oxygens (including phenoxy) is 1. The third-order valence-corrected chi connectivity index (χ3v) is 5.75. The first-order valence-corrected chi connectivity index (χ1v) is 10.00. The lowest BCUT2D eigenvalue weighted by atomic mass is 10.0. The number of methoxy groups -OCH3 is 1. The number of hydrogen-bond acceptors (Lipinski definition) is 5. The minimum absolute atomic E-state index is 0.276. The Morgan fingerprint density at radius 3 is 2.69 bits per heavy atom. The fourth-order valence-corrected chi connectivity index (χ4v) is 4.18. The lowest BCUT2D eigenvalue weighted by molar-refractivity contribution is -0.123. The molecule has 0 atom stereocenters. The van der Waals surface area contributed by atoms with E-state index in [-0.39, 0.29) is 10.2 Å². The van der Waals surface area contributed by atoms with Gasteiger partial charge in [-0.2, -0.15) is 5.01 Å². The largest absolute Gasteiger partial charge is 0.497 e. The maximum absolute atomic E-state index is 12.9. The summed E-state index contributed by atoms with van der Waals surface area (Å²) >= 11 is 6.47. The molecule has 1 fully saturated rings. The van der Waals surface area contributed by atoms with Crippen molar-refractivity contribution in [2.45, 2.75) is 0 Å². The fourth-order valence-electron chi connectivity index (χ4n) is 3.01. The number of hydrogen-bond donors (Lipinski definition) is 1. The highest BCUT2D eigenvalue weighted by atomic mass is 32.2. The van der Waals surface area contributed by atoms with Gasteiger partial charge in [-0.1, -0.05) is 60.3 Å². The van der Waals surface area contributed by atoms with Crippen LogP contribution in [0.2, 0.25) is 0 Å². The number of carbonyl (C=O) groups excluding carboxylic acids is 2. The molecule has 5 nitrogen and oxygen atoms in total. The van der Waals surface area contributed by atoms with E-state index in [4.69, 9.17) is 17.0 Å². The molecule has 1 heterocycles. The molecule has 7 heteroatoms. The molecule has 1 N–H and O–H groups in total. The second-order valence-electron chi connectivity index (χ2n) is 6.26. The van der Waals surface area contributed by atoms with Crippen LogP contribution in [-0.2, 0) is 4.79 Å². The summed E-state index contributed by atoms with van der Waals surface area (Å²) in [5.74, 6) is -0.241. The smallest absolute Gasteiger partial charge is 0.285 e. The Bertz CT molecular complexity index is 1170. The Balaban J connectivity index is 1.58. The molecular formula is C22H16N2O3S2. The van der Waals surface area contributed by atoms with E-state index in [1.807, 2.05) is 42.5 Å². The van der Waals surface area contributed by atoms with Crippen LogP contribution in [0.4, 0.5) is 0 Å². The second kappa shape index (κ2) is 8.06. The Kier molecular flexibility index (Phi) is 5.33. The molecule has 0 bridgehead atoms. The van der Waals surface area contributed by atoms with Crippen LogP contribution in [0.3, 0.4) is 0 Å². The van der Waals surface area contributed by atoms with Crippen LogP contribution in [0.25, 0.3) is 16.8 Å². The highest BCUT2D eigenvalue weighted by Crippen LogP contribution is 2.33. The van der Waals surface area contributed by atoms with E-state index in [2.05, 4.69) is 5.43 Å². The summed E-state index contributed by atoms with van der Waals surface area (Å²) in [6.45, 7) is 0. The molecule has 29 heavy (non-hydrogen) atoms. The first kappa shape index (κ1) is 19.2. The lowest BCUT2D eigenvalue weighted by Gasteiger charge is -2.15. The fraction of sp³-hybridized carbons (Fsp3) is 0.0455. The highest BCUT2D eigenvalue weighted by Gasteiger charge is 2.33. The molecule has 3 aromatic rings. The Morgan fingerprint density at radius 1 is 1.10 bits per heavy atom. The van der Waals surface area contributed by atoms with Crippen LogP contribution in [0.15, 0.2) is 71.6 Å². The number of nitrogens with one attached hydrogen (secondary N) is 1. The topological polar surface area (TPSA) is 58.6 Å². The molecule has 0 saturated carbocycles. The Morgan fingerprint density at radius 2 is 1.86 bits per heavy atom. The molecule has 0 aliphatic carbocycles. The van der Waals surface area contributed by atoms with E-state index in [1.54, 1.807) is 30.3 Å². The van der Waals surface area contributed by atoms with Crippen molar-refractivity contribution in [3.05, 3.63) is 82.8 Å². The van der Waals surface area contributed by atoms with Gasteiger partial charge in [0.25, 0.3) is 11.8 Å². The number of thioether (sulfide) groups is 1. The molecule has 0 radical (unpaired) electrons. The van der Waals surface area contributed by atoms with Crippen molar-refractivity contribution in [3.63, 3.8) is 0 Å². The minimum Gasteiger partial charge on any atom is -0.497 e. The van der Waals surface area contributed by atoms with Crippen LogP contribution < -0.4 is 10.2 Å². The number of carbonyl (C=O) groups is 2. The summed E-state index contributed by atoms with van der Waals surface area (Å²) in [6, 6.07) is 20.6. The van der Waals surface area contributed by atoms with Crippen LogP contribution in [0.5, 0.6) is 5.75 Å². The van der Waals surface area contributed by atoms with Crippen molar-refractivity contribution in [1.29, 1.82) is 0 Å². The van der Waals surface area contributed by atoms with Gasteiger partial charge in [-0.3, -0.25) is 15.0 Å². The van der Waals surface area contributed by atoms with E-state index in [1.165, 1.54) is 7.11 Å². The summed E-state index contributed by atoms with van der Waals surface area (Å²) < 4.78 is 5.41. The van der Waals surface area contributed by atoms with Crippen molar-refractivity contribution >= 4 is 57.0 Å². The van der Waals surface area contributed by atoms with Crippen molar-refractivity contribution in [2.75, 3.05) is 7.11 Å². The Labute approximate surface area is 177 Å². The van der Waals surface area contributed by atoms with Crippen LogP contribution >= 0.6 is 24.0 Å². The summed E-state index contributed by atoms with van der Waals surface area (Å²) in [6.07, 6.45) is 1.80. The number of benzene rings is 3. The minimum atomic E-state index is -0.438. The van der Waals surface area contributed by atoms with Gasteiger partial charge in [0.1, 0.15) is 5.75 Å². The van der Waals surface area contributed by atoms with Crippen molar-refractivity contribution in [3.8, 4) is 5.75 Å². The first-order chi connectivity index (χ1) is 14.1.